The summed E-state index contributed by atoms with van der Waals surface area (Å²) >= 11 is 0. The van der Waals surface area contributed by atoms with E-state index in [1.54, 1.807) is 37.4 Å². The fourth-order valence-corrected chi connectivity index (χ4v) is 3.79. The van der Waals surface area contributed by atoms with Crippen molar-refractivity contribution in [2.45, 2.75) is 25.9 Å². The molecule has 1 aliphatic rings. The van der Waals surface area contributed by atoms with Crippen molar-refractivity contribution < 1.29 is 18.7 Å². The van der Waals surface area contributed by atoms with Crippen LogP contribution >= 0.6 is 0 Å². The number of methoxy groups -OCH3 is 1. The molecule has 0 atom stereocenters. The number of hydrogen-bond donors (Lipinski definition) is 2. The molecule has 0 aliphatic carbocycles. The monoisotopic (exact) mass is 437 g/mol. The van der Waals surface area contributed by atoms with Crippen LogP contribution in [0.25, 0.3) is 11.0 Å². The Morgan fingerprint density at radius 1 is 1.12 bits per heavy atom. The highest BCUT2D eigenvalue weighted by atomic mass is 16.5. The third-order valence-electron chi connectivity index (χ3n) is 5.64. The number of urea groups is 1. The van der Waals surface area contributed by atoms with Gasteiger partial charge in [-0.15, -0.1) is 0 Å². The molecule has 1 saturated heterocycles. The molecule has 1 aliphatic heterocycles. The first-order chi connectivity index (χ1) is 15.4. The maximum Gasteiger partial charge on any atom is 0.360 e. The van der Waals surface area contributed by atoms with Gasteiger partial charge in [-0.1, -0.05) is 6.07 Å². The standard InChI is InChI=1S/C24H27N3O5/c1-15-21(31-18-9-11-27(2)12-10-18)8-7-16-13-20(23(28)32-22(15)16)26-24(29)25-17-5-4-6-19(14-17)30-3/h4-8,13-14,18H,9-12H2,1-3H3,(H2,25,26,29). The molecule has 8 heteroatoms. The number of nitrogens with zero attached hydrogens (tertiary/aromatic N) is 1. The van der Waals surface area contributed by atoms with E-state index in [4.69, 9.17) is 13.9 Å². The lowest BCUT2D eigenvalue weighted by Gasteiger charge is -2.29. The zero-order chi connectivity index (χ0) is 22.7. The number of carbonyl (C=O) groups is 1. The summed E-state index contributed by atoms with van der Waals surface area (Å²) in [4.78, 5) is 27.2. The second-order valence-electron chi connectivity index (χ2n) is 7.99. The van der Waals surface area contributed by atoms with Gasteiger partial charge < -0.3 is 29.4 Å². The largest absolute Gasteiger partial charge is 0.497 e. The summed E-state index contributed by atoms with van der Waals surface area (Å²) in [6, 6.07) is 11.7. The molecular formula is C24H27N3O5. The molecule has 2 aromatic carbocycles. The number of amides is 2. The zero-order valence-electron chi connectivity index (χ0n) is 18.4. The van der Waals surface area contributed by atoms with Crippen LogP contribution < -0.4 is 25.7 Å². The molecule has 2 N–H and O–H groups in total. The van der Waals surface area contributed by atoms with Crippen LogP contribution in [0.5, 0.6) is 11.5 Å². The molecule has 168 valence electrons. The van der Waals surface area contributed by atoms with Crippen molar-refractivity contribution in [3.63, 3.8) is 0 Å². The van der Waals surface area contributed by atoms with E-state index in [0.29, 0.717) is 28.2 Å². The van der Waals surface area contributed by atoms with Crippen LogP contribution in [-0.4, -0.2) is 44.3 Å². The minimum absolute atomic E-state index is 0.0567. The van der Waals surface area contributed by atoms with E-state index in [1.165, 1.54) is 0 Å². The van der Waals surface area contributed by atoms with Crippen molar-refractivity contribution in [2.24, 2.45) is 0 Å². The van der Waals surface area contributed by atoms with Crippen molar-refractivity contribution in [2.75, 3.05) is 37.9 Å². The molecule has 1 fully saturated rings. The Morgan fingerprint density at radius 3 is 2.66 bits per heavy atom. The number of fused-ring (bicyclic) bond motifs is 1. The SMILES string of the molecule is COc1cccc(NC(=O)Nc2cc3ccc(OC4CCN(C)CC4)c(C)c3oc2=O)c1. The van der Waals surface area contributed by atoms with E-state index < -0.39 is 11.7 Å². The molecule has 3 aromatic rings. The Hall–Kier alpha value is -3.52. The van der Waals surface area contributed by atoms with Gasteiger partial charge in [-0.2, -0.15) is 0 Å². The van der Waals surface area contributed by atoms with Gasteiger partial charge in [-0.25, -0.2) is 9.59 Å². The molecule has 2 amide bonds. The van der Waals surface area contributed by atoms with E-state index in [0.717, 1.165) is 31.5 Å². The number of hydrogen-bond acceptors (Lipinski definition) is 6. The van der Waals surface area contributed by atoms with Crippen LogP contribution in [0.1, 0.15) is 18.4 Å². The number of ether oxygens (including phenoxy) is 2. The van der Waals surface area contributed by atoms with Crippen molar-refractivity contribution in [3.8, 4) is 11.5 Å². The molecule has 32 heavy (non-hydrogen) atoms. The zero-order valence-corrected chi connectivity index (χ0v) is 18.4. The number of aryl methyl sites for hydroxylation is 1. The molecule has 0 unspecified atom stereocenters. The molecular weight excluding hydrogens is 410 g/mol. The maximum atomic E-state index is 12.5. The van der Waals surface area contributed by atoms with E-state index in [2.05, 4.69) is 22.6 Å². The fourth-order valence-electron chi connectivity index (χ4n) is 3.79. The Balaban J connectivity index is 1.50. The molecule has 8 nitrogen and oxygen atoms in total. The highest BCUT2D eigenvalue weighted by Crippen LogP contribution is 2.30. The van der Waals surface area contributed by atoms with Gasteiger partial charge in [0.15, 0.2) is 0 Å². The number of likely N-dealkylation sites (tertiary alicyclic amines) is 1. The Bertz CT molecular complexity index is 1180. The smallest absolute Gasteiger partial charge is 0.360 e. The number of carbonyl (C=O) groups excluding carboxylic acids is 1. The first-order valence-corrected chi connectivity index (χ1v) is 10.6. The van der Waals surface area contributed by atoms with Gasteiger partial charge >= 0.3 is 11.7 Å². The number of nitrogens with one attached hydrogen (secondary N) is 2. The van der Waals surface area contributed by atoms with Crippen molar-refractivity contribution in [1.82, 2.24) is 4.90 Å². The van der Waals surface area contributed by atoms with E-state index in [9.17, 15) is 9.59 Å². The fraction of sp³-hybridized carbons (Fsp3) is 0.333. The highest BCUT2D eigenvalue weighted by Gasteiger charge is 2.20. The minimum Gasteiger partial charge on any atom is -0.497 e. The van der Waals surface area contributed by atoms with Gasteiger partial charge in [0, 0.05) is 35.8 Å². The van der Waals surface area contributed by atoms with E-state index in [1.807, 2.05) is 19.1 Å². The summed E-state index contributed by atoms with van der Waals surface area (Å²) in [6.07, 6.45) is 2.07. The van der Waals surface area contributed by atoms with Gasteiger partial charge in [0.2, 0.25) is 0 Å². The van der Waals surface area contributed by atoms with Crippen LogP contribution in [0, 0.1) is 6.92 Å². The van der Waals surface area contributed by atoms with Crippen LogP contribution in [0.15, 0.2) is 51.7 Å². The first kappa shape index (κ1) is 21.7. The summed E-state index contributed by atoms with van der Waals surface area (Å²) in [6.45, 7) is 3.87. The van der Waals surface area contributed by atoms with Crippen LogP contribution in [-0.2, 0) is 0 Å². The number of anilines is 2. The maximum absolute atomic E-state index is 12.5. The van der Waals surface area contributed by atoms with Crippen molar-refractivity contribution >= 4 is 28.4 Å². The average molecular weight is 437 g/mol. The lowest BCUT2D eigenvalue weighted by molar-refractivity contribution is 0.113. The predicted octanol–water partition coefficient (Wildman–Crippen LogP) is 4.23. The second-order valence-corrected chi connectivity index (χ2v) is 7.99. The summed E-state index contributed by atoms with van der Waals surface area (Å²) in [5, 5.41) is 5.94. The molecule has 0 radical (unpaired) electrons. The normalized spacial score (nSPS) is 14.8. The molecule has 0 spiro atoms. The summed E-state index contributed by atoms with van der Waals surface area (Å²) in [5.74, 6) is 1.33. The molecule has 1 aromatic heterocycles. The van der Waals surface area contributed by atoms with Crippen LogP contribution in [0.3, 0.4) is 0 Å². The number of benzene rings is 2. The molecule has 4 rings (SSSR count). The lowest BCUT2D eigenvalue weighted by Crippen LogP contribution is -2.35. The highest BCUT2D eigenvalue weighted by molar-refractivity contribution is 6.00. The van der Waals surface area contributed by atoms with Crippen molar-refractivity contribution in [1.29, 1.82) is 0 Å². The third kappa shape index (κ3) is 4.86. The summed E-state index contributed by atoms with van der Waals surface area (Å²) in [7, 11) is 3.65. The Labute approximate surface area is 186 Å². The van der Waals surface area contributed by atoms with Gasteiger partial charge in [0.1, 0.15) is 28.9 Å². The number of rotatable bonds is 5. The Morgan fingerprint density at radius 2 is 1.91 bits per heavy atom. The topological polar surface area (TPSA) is 93.0 Å². The van der Waals surface area contributed by atoms with E-state index >= 15 is 0 Å². The molecule has 0 saturated carbocycles. The quantitative estimate of drug-likeness (QED) is 0.581. The summed E-state index contributed by atoms with van der Waals surface area (Å²) in [5.41, 5.74) is 1.20. The van der Waals surface area contributed by atoms with Gasteiger partial charge in [-0.05, 0) is 57.1 Å². The van der Waals surface area contributed by atoms with Crippen LogP contribution in [0.4, 0.5) is 16.2 Å². The van der Waals surface area contributed by atoms with Gasteiger partial charge in [0.25, 0.3) is 0 Å². The van der Waals surface area contributed by atoms with E-state index in [-0.39, 0.29) is 11.8 Å². The summed E-state index contributed by atoms with van der Waals surface area (Å²) < 4.78 is 16.9. The Kier molecular flexibility index (Phi) is 6.32. The average Bonchev–Trinajstić information content (AvgIpc) is 2.78. The first-order valence-electron chi connectivity index (χ1n) is 10.6. The van der Waals surface area contributed by atoms with Gasteiger partial charge in [-0.3, -0.25) is 0 Å². The second kappa shape index (κ2) is 9.32. The molecule has 2 heterocycles. The minimum atomic E-state index is -0.627. The molecule has 0 bridgehead atoms. The van der Waals surface area contributed by atoms with Crippen LogP contribution in [0.2, 0.25) is 0 Å². The lowest BCUT2D eigenvalue weighted by atomic mass is 10.1. The third-order valence-corrected chi connectivity index (χ3v) is 5.64. The predicted molar refractivity (Wildman–Crippen MR) is 124 cm³/mol. The number of piperidine rings is 1. The van der Waals surface area contributed by atoms with Crippen molar-refractivity contribution in [3.05, 3.63) is 58.4 Å². The van der Waals surface area contributed by atoms with Gasteiger partial charge in [0.05, 0.1) is 7.11 Å².